The summed E-state index contributed by atoms with van der Waals surface area (Å²) >= 11 is 0. The number of nitrogen functional groups attached to an aromatic ring is 1. The van der Waals surface area contributed by atoms with Crippen molar-refractivity contribution in [2.75, 3.05) is 24.2 Å². The Morgan fingerprint density at radius 3 is 2.68 bits per heavy atom. The van der Waals surface area contributed by atoms with E-state index in [4.69, 9.17) is 5.73 Å². The number of likely N-dealkylation sites (N-methyl/N-ethyl adjacent to an activating group) is 1. The van der Waals surface area contributed by atoms with E-state index in [2.05, 4.69) is 33.0 Å². The van der Waals surface area contributed by atoms with Gasteiger partial charge in [-0.3, -0.25) is 4.68 Å². The van der Waals surface area contributed by atoms with Gasteiger partial charge >= 0.3 is 0 Å². The lowest BCUT2D eigenvalue weighted by molar-refractivity contribution is 0.590. The molecule has 0 atom stereocenters. The number of hydrogen-bond acceptors (Lipinski definition) is 5. The Balaban J connectivity index is 2.07. The van der Waals surface area contributed by atoms with Crippen LogP contribution in [0.4, 0.5) is 11.8 Å². The fourth-order valence-corrected chi connectivity index (χ4v) is 2.08. The van der Waals surface area contributed by atoms with E-state index >= 15 is 0 Å². The van der Waals surface area contributed by atoms with Crippen LogP contribution < -0.4 is 10.6 Å². The number of nitrogens with two attached hydrogens (primary N) is 1. The summed E-state index contributed by atoms with van der Waals surface area (Å²) in [6, 6.07) is 2.08. The quantitative estimate of drug-likeness (QED) is 0.897. The molecular weight excluding hydrogens is 240 g/mol. The topological polar surface area (TPSA) is 72.9 Å². The molecule has 2 aromatic heterocycles. The van der Waals surface area contributed by atoms with Gasteiger partial charge in [0.1, 0.15) is 5.82 Å². The predicted molar refractivity (Wildman–Crippen MR) is 76.2 cm³/mol. The molecule has 2 rings (SSSR count). The fraction of sp³-hybridized carbons (Fsp3) is 0.462. The van der Waals surface area contributed by atoms with Gasteiger partial charge in [-0.15, -0.1) is 0 Å². The molecule has 0 radical (unpaired) electrons. The third-order valence-electron chi connectivity index (χ3n) is 3.08. The van der Waals surface area contributed by atoms with Crippen molar-refractivity contribution in [3.63, 3.8) is 0 Å². The summed E-state index contributed by atoms with van der Waals surface area (Å²) in [7, 11) is 2.00. The molecule has 0 saturated heterocycles. The summed E-state index contributed by atoms with van der Waals surface area (Å²) in [5, 5.41) is 4.45. The van der Waals surface area contributed by atoms with E-state index in [0.29, 0.717) is 5.95 Å². The maximum Gasteiger partial charge on any atom is 0.221 e. The number of hydrogen-bond donors (Lipinski definition) is 1. The van der Waals surface area contributed by atoms with Gasteiger partial charge in [0.2, 0.25) is 5.95 Å². The minimum atomic E-state index is 0.304. The molecule has 102 valence electrons. The molecule has 6 nitrogen and oxygen atoms in total. The van der Waals surface area contributed by atoms with Crippen molar-refractivity contribution in [2.24, 2.45) is 0 Å². The average Bonchev–Trinajstić information content (AvgIpc) is 2.68. The molecule has 0 bridgehead atoms. The Morgan fingerprint density at radius 1 is 1.32 bits per heavy atom. The van der Waals surface area contributed by atoms with Crippen molar-refractivity contribution in [2.45, 2.75) is 27.3 Å². The molecule has 0 unspecified atom stereocenters. The molecule has 2 N–H and O–H groups in total. The summed E-state index contributed by atoms with van der Waals surface area (Å²) in [5.41, 5.74) is 8.87. The standard InChI is InChI=1S/C13H20N6/c1-9-8-15-13(14)16-12(9)18(4)5-6-19-11(3)7-10(2)17-19/h7-8H,5-6H2,1-4H3,(H2,14,15,16). The van der Waals surface area contributed by atoms with E-state index in [0.717, 1.165) is 30.2 Å². The number of nitrogens with zero attached hydrogens (tertiary/aromatic N) is 5. The second kappa shape index (κ2) is 5.26. The maximum absolute atomic E-state index is 5.63. The maximum atomic E-state index is 5.63. The van der Waals surface area contributed by atoms with Crippen LogP contribution in [0.5, 0.6) is 0 Å². The van der Waals surface area contributed by atoms with Crippen molar-refractivity contribution in [1.29, 1.82) is 0 Å². The molecule has 0 aliphatic heterocycles. The molecule has 2 heterocycles. The van der Waals surface area contributed by atoms with Crippen LogP contribution in [0, 0.1) is 20.8 Å². The van der Waals surface area contributed by atoms with Gasteiger partial charge in [-0.05, 0) is 26.8 Å². The van der Waals surface area contributed by atoms with Crippen molar-refractivity contribution >= 4 is 11.8 Å². The smallest absolute Gasteiger partial charge is 0.221 e. The highest BCUT2D eigenvalue weighted by Gasteiger charge is 2.09. The Labute approximate surface area is 113 Å². The van der Waals surface area contributed by atoms with Crippen molar-refractivity contribution in [1.82, 2.24) is 19.7 Å². The van der Waals surface area contributed by atoms with Crippen molar-refractivity contribution in [3.8, 4) is 0 Å². The Kier molecular flexibility index (Phi) is 3.69. The van der Waals surface area contributed by atoms with Crippen LogP contribution in [-0.4, -0.2) is 33.3 Å². The van der Waals surface area contributed by atoms with Gasteiger partial charge in [0, 0.05) is 31.0 Å². The van der Waals surface area contributed by atoms with Crippen LogP contribution >= 0.6 is 0 Å². The highest BCUT2D eigenvalue weighted by Crippen LogP contribution is 2.15. The minimum Gasteiger partial charge on any atom is -0.368 e. The van der Waals surface area contributed by atoms with Gasteiger partial charge in [-0.25, -0.2) is 4.98 Å². The molecule has 0 fully saturated rings. The summed E-state index contributed by atoms with van der Waals surface area (Å²) in [5.74, 6) is 1.17. The molecule has 0 aromatic carbocycles. The zero-order valence-corrected chi connectivity index (χ0v) is 11.9. The highest BCUT2D eigenvalue weighted by molar-refractivity contribution is 5.47. The first-order valence-corrected chi connectivity index (χ1v) is 6.28. The third-order valence-corrected chi connectivity index (χ3v) is 3.08. The van der Waals surface area contributed by atoms with E-state index in [1.165, 1.54) is 5.69 Å². The van der Waals surface area contributed by atoms with Crippen molar-refractivity contribution < 1.29 is 0 Å². The molecule has 0 saturated carbocycles. The first-order valence-electron chi connectivity index (χ1n) is 6.28. The zero-order chi connectivity index (χ0) is 14.0. The van der Waals surface area contributed by atoms with Crippen LogP contribution in [0.2, 0.25) is 0 Å². The van der Waals surface area contributed by atoms with Gasteiger partial charge < -0.3 is 10.6 Å². The highest BCUT2D eigenvalue weighted by atomic mass is 15.3. The lowest BCUT2D eigenvalue weighted by Crippen LogP contribution is -2.25. The van der Waals surface area contributed by atoms with Crippen LogP contribution in [0.1, 0.15) is 17.0 Å². The Morgan fingerprint density at radius 2 is 2.05 bits per heavy atom. The van der Waals surface area contributed by atoms with Crippen LogP contribution in [-0.2, 0) is 6.54 Å². The molecule has 0 amide bonds. The Bertz CT molecular complexity index is 575. The normalized spacial score (nSPS) is 10.7. The van der Waals surface area contributed by atoms with E-state index in [1.807, 2.05) is 25.6 Å². The summed E-state index contributed by atoms with van der Waals surface area (Å²) in [6.45, 7) is 7.68. The second-order valence-electron chi connectivity index (χ2n) is 4.81. The van der Waals surface area contributed by atoms with Crippen LogP contribution in [0.3, 0.4) is 0 Å². The molecule has 0 aliphatic carbocycles. The molecular formula is C13H20N6. The fourth-order valence-electron chi connectivity index (χ4n) is 2.08. The molecule has 2 aromatic rings. The third kappa shape index (κ3) is 3.01. The van der Waals surface area contributed by atoms with Gasteiger partial charge in [0.15, 0.2) is 0 Å². The number of rotatable bonds is 4. The average molecular weight is 260 g/mol. The van der Waals surface area contributed by atoms with Gasteiger partial charge in [0.25, 0.3) is 0 Å². The number of aromatic nitrogens is 4. The number of anilines is 2. The van der Waals surface area contributed by atoms with Gasteiger partial charge in [-0.1, -0.05) is 0 Å². The number of aryl methyl sites for hydroxylation is 3. The van der Waals surface area contributed by atoms with Gasteiger partial charge in [0.05, 0.1) is 12.2 Å². The lowest BCUT2D eigenvalue weighted by Gasteiger charge is -2.20. The minimum absolute atomic E-state index is 0.304. The van der Waals surface area contributed by atoms with E-state index in [1.54, 1.807) is 6.20 Å². The molecule has 19 heavy (non-hydrogen) atoms. The summed E-state index contributed by atoms with van der Waals surface area (Å²) in [6.07, 6.45) is 1.75. The molecule has 0 spiro atoms. The Hall–Kier alpha value is -2.11. The van der Waals surface area contributed by atoms with Crippen molar-refractivity contribution in [3.05, 3.63) is 29.2 Å². The van der Waals surface area contributed by atoms with E-state index < -0.39 is 0 Å². The molecule has 0 aliphatic rings. The monoisotopic (exact) mass is 260 g/mol. The summed E-state index contributed by atoms with van der Waals surface area (Å²) < 4.78 is 2.01. The summed E-state index contributed by atoms with van der Waals surface area (Å²) in [4.78, 5) is 10.3. The lowest BCUT2D eigenvalue weighted by atomic mass is 10.3. The van der Waals surface area contributed by atoms with E-state index in [-0.39, 0.29) is 0 Å². The first-order chi connectivity index (χ1) is 8.97. The largest absolute Gasteiger partial charge is 0.368 e. The van der Waals surface area contributed by atoms with E-state index in [9.17, 15) is 0 Å². The van der Waals surface area contributed by atoms with Crippen LogP contribution in [0.15, 0.2) is 12.3 Å². The second-order valence-corrected chi connectivity index (χ2v) is 4.81. The first kappa shape index (κ1) is 13.3. The predicted octanol–water partition coefficient (Wildman–Crippen LogP) is 1.32. The van der Waals surface area contributed by atoms with Gasteiger partial charge in [-0.2, -0.15) is 10.1 Å². The SMILES string of the molecule is Cc1cc(C)n(CCN(C)c2nc(N)ncc2C)n1. The van der Waals surface area contributed by atoms with Crippen LogP contribution in [0.25, 0.3) is 0 Å². The zero-order valence-electron chi connectivity index (χ0n) is 11.9. The molecule has 6 heteroatoms.